The molecule has 2 aliphatic heterocycles. The van der Waals surface area contributed by atoms with Gasteiger partial charge < -0.3 is 15.8 Å². The highest BCUT2D eigenvalue weighted by Crippen LogP contribution is 2.41. The highest BCUT2D eigenvalue weighted by molar-refractivity contribution is 5.75. The maximum Gasteiger partial charge on any atom is 0.231 e. The maximum absolute atomic E-state index is 11.1. The number of carbonyl (C=O) groups is 1. The summed E-state index contributed by atoms with van der Waals surface area (Å²) in [5.41, 5.74) is 7.33. The largest absolute Gasteiger partial charge is 0.496 e. The van der Waals surface area contributed by atoms with E-state index in [4.69, 9.17) is 14.6 Å². The van der Waals surface area contributed by atoms with Crippen LogP contribution in [0.15, 0.2) is 18.2 Å². The second-order valence-electron chi connectivity index (χ2n) is 7.04. The Bertz CT molecular complexity index is 673. The van der Waals surface area contributed by atoms with Gasteiger partial charge in [-0.15, -0.1) is 0 Å². The summed E-state index contributed by atoms with van der Waals surface area (Å²) >= 11 is 0. The first kappa shape index (κ1) is 13.7. The normalized spacial score (nSPS) is 28.1. The van der Waals surface area contributed by atoms with Crippen molar-refractivity contribution in [3.8, 4) is 5.75 Å². The highest BCUT2D eigenvalue weighted by Gasteiger charge is 2.36. The molecule has 5 heteroatoms. The summed E-state index contributed by atoms with van der Waals surface area (Å²) < 4.78 is 27.3. The number of piperidine rings is 1. The number of primary amides is 1. The molecule has 1 aromatic carbocycles. The van der Waals surface area contributed by atoms with E-state index >= 15 is 0 Å². The number of nitrogens with two attached hydrogens (primary N) is 1. The number of ether oxygens (including phenoxy) is 1. The Labute approximate surface area is 148 Å². The monoisotopic (exact) mass is 334 g/mol. The summed E-state index contributed by atoms with van der Waals surface area (Å²) in [6, 6.07) is 5.87. The quantitative estimate of drug-likeness (QED) is 0.862. The van der Waals surface area contributed by atoms with Crippen molar-refractivity contribution in [2.45, 2.75) is 32.2 Å². The average Bonchev–Trinajstić information content (AvgIpc) is 3.05. The molecule has 2 atom stereocenters. The Morgan fingerprint density at radius 2 is 2.21 bits per heavy atom. The fourth-order valence-corrected chi connectivity index (χ4v) is 4.41. The number of amides is 1. The van der Waals surface area contributed by atoms with Crippen LogP contribution in [0.1, 0.15) is 40.5 Å². The van der Waals surface area contributed by atoms with Crippen molar-refractivity contribution >= 4 is 5.91 Å². The molecule has 1 unspecified atom stereocenters. The summed E-state index contributed by atoms with van der Waals surface area (Å²) in [6.45, 7) is 5.03. The summed E-state index contributed by atoms with van der Waals surface area (Å²) in [6.07, 6.45) is 3.22. The third kappa shape index (κ3) is 3.57. The van der Waals surface area contributed by atoms with Crippen molar-refractivity contribution in [3.63, 3.8) is 0 Å². The minimum absolute atomic E-state index is 0.206. The minimum atomic E-state index is -2.45. The zero-order chi connectivity index (χ0) is 19.6. The Morgan fingerprint density at radius 3 is 2.92 bits per heavy atom. The molecule has 2 fully saturated rings. The zero-order valence-electron chi connectivity index (χ0n) is 17.3. The number of methoxy groups -OCH3 is 1. The summed E-state index contributed by atoms with van der Waals surface area (Å²) in [4.78, 5) is 13.3. The van der Waals surface area contributed by atoms with Crippen LogP contribution in [-0.2, 0) is 4.79 Å². The SMILES string of the molecule is [2H]C([2H])([2H])Oc1cccc([C@H]2NCCC2C2CCN(CC(N)=O)CC2)c1C. The first-order valence-electron chi connectivity index (χ1n) is 10.3. The van der Waals surface area contributed by atoms with E-state index in [9.17, 15) is 4.79 Å². The summed E-state index contributed by atoms with van der Waals surface area (Å²) in [5.74, 6) is 1.25. The first-order valence-corrected chi connectivity index (χ1v) is 8.77. The van der Waals surface area contributed by atoms with Gasteiger partial charge in [0, 0.05) is 6.04 Å². The van der Waals surface area contributed by atoms with Crippen molar-refractivity contribution in [2.24, 2.45) is 17.6 Å². The van der Waals surface area contributed by atoms with Crippen molar-refractivity contribution in [2.75, 3.05) is 33.2 Å². The van der Waals surface area contributed by atoms with Gasteiger partial charge in [-0.25, -0.2) is 0 Å². The van der Waals surface area contributed by atoms with Crippen molar-refractivity contribution in [1.29, 1.82) is 0 Å². The molecule has 0 saturated carbocycles. The van der Waals surface area contributed by atoms with Gasteiger partial charge in [0.15, 0.2) is 0 Å². The van der Waals surface area contributed by atoms with Gasteiger partial charge in [0.05, 0.1) is 17.7 Å². The molecule has 0 bridgehead atoms. The third-order valence-corrected chi connectivity index (χ3v) is 5.66. The molecular formula is C19H29N3O2. The average molecular weight is 334 g/mol. The predicted octanol–water partition coefficient (Wildman–Crippen LogP) is 1.85. The van der Waals surface area contributed by atoms with Gasteiger partial charge in [0.25, 0.3) is 0 Å². The van der Waals surface area contributed by atoms with Gasteiger partial charge >= 0.3 is 0 Å². The van der Waals surface area contributed by atoms with Gasteiger partial charge in [-0.2, -0.15) is 0 Å². The minimum Gasteiger partial charge on any atom is -0.496 e. The van der Waals surface area contributed by atoms with E-state index in [1.807, 2.05) is 13.0 Å². The lowest BCUT2D eigenvalue weighted by molar-refractivity contribution is -0.119. The number of hydrogen-bond donors (Lipinski definition) is 2. The summed E-state index contributed by atoms with van der Waals surface area (Å²) in [5, 5.41) is 3.61. The molecular weight excluding hydrogens is 302 g/mol. The number of nitrogens with one attached hydrogen (secondary N) is 1. The van der Waals surface area contributed by atoms with Crippen LogP contribution in [0.25, 0.3) is 0 Å². The molecule has 0 spiro atoms. The number of hydrogen-bond acceptors (Lipinski definition) is 4. The third-order valence-electron chi connectivity index (χ3n) is 5.66. The van der Waals surface area contributed by atoms with Gasteiger partial charge in [-0.1, -0.05) is 12.1 Å². The van der Waals surface area contributed by atoms with Crippen LogP contribution in [0, 0.1) is 18.8 Å². The van der Waals surface area contributed by atoms with Crippen molar-refractivity contribution < 1.29 is 13.6 Å². The van der Waals surface area contributed by atoms with Crippen LogP contribution in [0.3, 0.4) is 0 Å². The number of benzene rings is 1. The lowest BCUT2D eigenvalue weighted by atomic mass is 9.77. The standard InChI is InChI=1S/C19H29N3O2/c1-13-15(4-3-5-17(13)24-2)19-16(6-9-21-19)14-7-10-22(11-8-14)12-18(20)23/h3-5,14,16,19,21H,6-12H2,1-2H3,(H2,20,23)/t16?,19-/m1/s1/i2D3. The molecule has 0 aromatic heterocycles. The fraction of sp³-hybridized carbons (Fsp3) is 0.632. The molecule has 3 N–H and O–H groups in total. The van der Waals surface area contributed by atoms with Crippen LogP contribution in [0.4, 0.5) is 0 Å². The van der Waals surface area contributed by atoms with E-state index in [1.165, 1.54) is 0 Å². The predicted molar refractivity (Wildman–Crippen MR) is 94.9 cm³/mol. The van der Waals surface area contributed by atoms with Crippen LogP contribution < -0.4 is 15.8 Å². The highest BCUT2D eigenvalue weighted by atomic mass is 16.5. The molecule has 5 nitrogen and oxygen atoms in total. The van der Waals surface area contributed by atoms with Gasteiger partial charge in [-0.3, -0.25) is 9.69 Å². The van der Waals surface area contributed by atoms with E-state index in [0.717, 1.165) is 50.0 Å². The maximum atomic E-state index is 11.1. The van der Waals surface area contributed by atoms with E-state index in [1.54, 1.807) is 6.07 Å². The summed E-state index contributed by atoms with van der Waals surface area (Å²) in [7, 11) is -2.45. The molecule has 1 amide bonds. The Morgan fingerprint density at radius 1 is 1.42 bits per heavy atom. The number of likely N-dealkylation sites (tertiary alicyclic amines) is 1. The van der Waals surface area contributed by atoms with E-state index in [0.29, 0.717) is 24.1 Å². The molecule has 2 heterocycles. The van der Waals surface area contributed by atoms with E-state index in [2.05, 4.69) is 16.3 Å². The number of rotatable bonds is 5. The Kier molecular flexibility index (Phi) is 4.29. The lowest BCUT2D eigenvalue weighted by Crippen LogP contribution is -2.41. The Hall–Kier alpha value is -1.59. The van der Waals surface area contributed by atoms with Crippen LogP contribution in [-0.4, -0.2) is 44.0 Å². The molecule has 3 rings (SSSR count). The van der Waals surface area contributed by atoms with Gasteiger partial charge in [0.2, 0.25) is 5.91 Å². The second kappa shape index (κ2) is 7.53. The molecule has 2 aliphatic rings. The Balaban J connectivity index is 1.72. The van der Waals surface area contributed by atoms with Crippen LogP contribution in [0.5, 0.6) is 5.75 Å². The topological polar surface area (TPSA) is 67.6 Å². The zero-order valence-corrected chi connectivity index (χ0v) is 14.3. The van der Waals surface area contributed by atoms with Crippen LogP contribution >= 0.6 is 0 Å². The van der Waals surface area contributed by atoms with E-state index < -0.39 is 7.04 Å². The van der Waals surface area contributed by atoms with Crippen molar-refractivity contribution in [1.82, 2.24) is 10.2 Å². The fourth-order valence-electron chi connectivity index (χ4n) is 4.41. The lowest BCUT2D eigenvalue weighted by Gasteiger charge is -2.36. The van der Waals surface area contributed by atoms with Gasteiger partial charge in [-0.05, 0) is 74.8 Å². The molecule has 0 radical (unpaired) electrons. The number of nitrogens with zero attached hydrogens (tertiary/aromatic N) is 1. The van der Waals surface area contributed by atoms with Crippen LogP contribution in [0.2, 0.25) is 0 Å². The first-order chi connectivity index (χ1) is 12.7. The molecule has 132 valence electrons. The van der Waals surface area contributed by atoms with Crippen molar-refractivity contribution in [3.05, 3.63) is 29.3 Å². The number of carbonyl (C=O) groups excluding carboxylic acids is 1. The van der Waals surface area contributed by atoms with Gasteiger partial charge in [0.1, 0.15) is 5.75 Å². The molecule has 0 aliphatic carbocycles. The second-order valence-corrected chi connectivity index (χ2v) is 7.04. The smallest absolute Gasteiger partial charge is 0.231 e. The van der Waals surface area contributed by atoms with E-state index in [-0.39, 0.29) is 11.9 Å². The molecule has 24 heavy (non-hydrogen) atoms. The molecule has 2 saturated heterocycles. The molecule has 1 aromatic rings.